The van der Waals surface area contributed by atoms with E-state index in [9.17, 15) is 9.59 Å². The number of hydrogen-bond acceptors (Lipinski definition) is 4. The van der Waals surface area contributed by atoms with Gasteiger partial charge in [0.05, 0.1) is 12.4 Å². The zero-order chi connectivity index (χ0) is 14.5. The smallest absolute Gasteiger partial charge is 0.326 e. The number of carbonyl (C=O) groups excluding carboxylic acids is 1. The van der Waals surface area contributed by atoms with Gasteiger partial charge in [0.1, 0.15) is 6.04 Å². The molecule has 8 nitrogen and oxygen atoms in total. The molecular formula is C12H18N4O4. The van der Waals surface area contributed by atoms with Gasteiger partial charge in [0, 0.05) is 45.6 Å². The summed E-state index contributed by atoms with van der Waals surface area (Å²) in [5, 5.41) is 11.8. The molecule has 1 aliphatic heterocycles. The summed E-state index contributed by atoms with van der Waals surface area (Å²) in [5.74, 6) is -1.01. The van der Waals surface area contributed by atoms with Crippen LogP contribution in [0.1, 0.15) is 6.42 Å². The van der Waals surface area contributed by atoms with Gasteiger partial charge in [-0.3, -0.25) is 0 Å². The molecule has 0 saturated carbocycles. The van der Waals surface area contributed by atoms with Crippen molar-refractivity contribution in [3.8, 4) is 0 Å². The molecule has 2 heterocycles. The van der Waals surface area contributed by atoms with E-state index in [1.807, 2.05) is 4.57 Å². The zero-order valence-electron chi connectivity index (χ0n) is 11.2. The van der Waals surface area contributed by atoms with Crippen LogP contribution in [0.15, 0.2) is 18.7 Å². The van der Waals surface area contributed by atoms with Gasteiger partial charge in [0.25, 0.3) is 0 Å². The van der Waals surface area contributed by atoms with Crippen molar-refractivity contribution in [1.29, 1.82) is 0 Å². The van der Waals surface area contributed by atoms with Gasteiger partial charge >= 0.3 is 12.0 Å². The first-order valence-corrected chi connectivity index (χ1v) is 6.37. The average molecular weight is 282 g/mol. The second-order valence-electron chi connectivity index (χ2n) is 4.63. The number of urea groups is 1. The number of likely N-dealkylation sites (tertiary alicyclic amines) is 1. The van der Waals surface area contributed by atoms with Crippen molar-refractivity contribution in [2.24, 2.45) is 0 Å². The number of carboxylic acid groups (broad SMARTS) is 1. The Kier molecular flexibility index (Phi) is 4.57. The Labute approximate surface area is 116 Å². The summed E-state index contributed by atoms with van der Waals surface area (Å²) in [6.45, 7) is 1.30. The minimum atomic E-state index is -1.01. The van der Waals surface area contributed by atoms with E-state index in [-0.39, 0.29) is 12.1 Å². The van der Waals surface area contributed by atoms with Gasteiger partial charge in [-0.2, -0.15) is 0 Å². The Bertz CT molecular complexity index is 462. The lowest BCUT2D eigenvalue weighted by molar-refractivity contribution is -0.141. The van der Waals surface area contributed by atoms with Gasteiger partial charge < -0.3 is 24.6 Å². The fourth-order valence-corrected chi connectivity index (χ4v) is 2.24. The molecule has 1 aromatic rings. The third kappa shape index (κ3) is 3.27. The standard InChI is InChI=1S/C12H18N4O4/c1-20-9-6-10(11(17)18)16(7-9)12(19)14-3-5-15-4-2-13-8-15/h2,4,8-10H,3,5-7H2,1H3,(H,14,19)(H,17,18). The molecule has 2 amide bonds. The lowest BCUT2D eigenvalue weighted by atomic mass is 10.2. The van der Waals surface area contributed by atoms with Crippen LogP contribution >= 0.6 is 0 Å². The van der Waals surface area contributed by atoms with Gasteiger partial charge in [-0.05, 0) is 0 Å². The van der Waals surface area contributed by atoms with E-state index in [2.05, 4.69) is 10.3 Å². The molecule has 20 heavy (non-hydrogen) atoms. The molecule has 110 valence electrons. The molecule has 1 saturated heterocycles. The summed E-state index contributed by atoms with van der Waals surface area (Å²) in [6, 6.07) is -1.20. The molecule has 0 aliphatic carbocycles. The van der Waals surface area contributed by atoms with E-state index < -0.39 is 12.0 Å². The highest BCUT2D eigenvalue weighted by Gasteiger charge is 2.39. The van der Waals surface area contributed by atoms with Crippen LogP contribution in [0, 0.1) is 0 Å². The molecule has 2 rings (SSSR count). The zero-order valence-corrected chi connectivity index (χ0v) is 11.2. The molecule has 2 unspecified atom stereocenters. The number of ether oxygens (including phenoxy) is 1. The van der Waals surface area contributed by atoms with Gasteiger partial charge in [0.2, 0.25) is 0 Å². The number of amides is 2. The molecule has 0 spiro atoms. The minimum Gasteiger partial charge on any atom is -0.480 e. The summed E-state index contributed by atoms with van der Waals surface area (Å²) in [4.78, 5) is 28.4. The molecule has 2 atom stereocenters. The van der Waals surface area contributed by atoms with Crippen molar-refractivity contribution in [1.82, 2.24) is 19.8 Å². The van der Waals surface area contributed by atoms with Crippen molar-refractivity contribution in [2.45, 2.75) is 25.1 Å². The largest absolute Gasteiger partial charge is 0.480 e. The highest BCUT2D eigenvalue weighted by molar-refractivity contribution is 5.83. The van der Waals surface area contributed by atoms with E-state index in [1.54, 1.807) is 18.7 Å². The Hall–Kier alpha value is -2.09. The summed E-state index contributed by atoms with van der Waals surface area (Å²) in [6.07, 6.45) is 5.20. The number of rotatable bonds is 5. The number of carbonyl (C=O) groups is 2. The van der Waals surface area contributed by atoms with Crippen LogP contribution < -0.4 is 5.32 Å². The predicted octanol–water partition coefficient (Wildman–Crippen LogP) is -0.233. The van der Waals surface area contributed by atoms with Crippen molar-refractivity contribution >= 4 is 12.0 Å². The Morgan fingerprint density at radius 2 is 2.35 bits per heavy atom. The van der Waals surface area contributed by atoms with Crippen LogP contribution in [0.2, 0.25) is 0 Å². The summed E-state index contributed by atoms with van der Waals surface area (Å²) < 4.78 is 6.97. The molecular weight excluding hydrogens is 264 g/mol. The number of imidazole rings is 1. The van der Waals surface area contributed by atoms with E-state index in [4.69, 9.17) is 9.84 Å². The minimum absolute atomic E-state index is 0.226. The van der Waals surface area contributed by atoms with Crippen molar-refractivity contribution < 1.29 is 19.4 Å². The second-order valence-corrected chi connectivity index (χ2v) is 4.63. The SMILES string of the molecule is COC1CC(C(=O)O)N(C(=O)NCCn2ccnc2)C1. The van der Waals surface area contributed by atoms with E-state index in [0.717, 1.165) is 0 Å². The normalized spacial score (nSPS) is 21.9. The monoisotopic (exact) mass is 282 g/mol. The number of nitrogens with one attached hydrogen (secondary N) is 1. The molecule has 0 bridgehead atoms. The van der Waals surface area contributed by atoms with Crippen LogP contribution in [0.4, 0.5) is 4.79 Å². The fraction of sp³-hybridized carbons (Fsp3) is 0.583. The van der Waals surface area contributed by atoms with Crippen LogP contribution in [0.25, 0.3) is 0 Å². The summed E-state index contributed by atoms with van der Waals surface area (Å²) in [5.41, 5.74) is 0. The lowest BCUT2D eigenvalue weighted by Gasteiger charge is -2.21. The quantitative estimate of drug-likeness (QED) is 0.777. The molecule has 1 fully saturated rings. The number of methoxy groups -OCH3 is 1. The fourth-order valence-electron chi connectivity index (χ4n) is 2.24. The van der Waals surface area contributed by atoms with Gasteiger partial charge in [0.15, 0.2) is 0 Å². The highest BCUT2D eigenvalue weighted by atomic mass is 16.5. The summed E-state index contributed by atoms with van der Waals surface area (Å²) in [7, 11) is 1.52. The van der Waals surface area contributed by atoms with Gasteiger partial charge in [-0.25, -0.2) is 14.6 Å². The first-order chi connectivity index (χ1) is 9.61. The molecule has 2 N–H and O–H groups in total. The first kappa shape index (κ1) is 14.3. The Morgan fingerprint density at radius 1 is 1.55 bits per heavy atom. The number of carboxylic acids is 1. The molecule has 8 heteroatoms. The molecule has 0 radical (unpaired) electrons. The van der Waals surface area contributed by atoms with Crippen molar-refractivity contribution in [3.63, 3.8) is 0 Å². The van der Waals surface area contributed by atoms with Gasteiger partial charge in [-0.1, -0.05) is 0 Å². The third-order valence-corrected chi connectivity index (χ3v) is 3.35. The Morgan fingerprint density at radius 3 is 2.95 bits per heavy atom. The predicted molar refractivity (Wildman–Crippen MR) is 69.2 cm³/mol. The lowest BCUT2D eigenvalue weighted by Crippen LogP contribution is -2.46. The Balaban J connectivity index is 1.85. The average Bonchev–Trinajstić information content (AvgIpc) is 3.07. The number of hydrogen-bond donors (Lipinski definition) is 2. The number of aromatic nitrogens is 2. The van der Waals surface area contributed by atoms with E-state index in [0.29, 0.717) is 26.1 Å². The van der Waals surface area contributed by atoms with Crippen molar-refractivity contribution in [2.75, 3.05) is 20.2 Å². The summed E-state index contributed by atoms with van der Waals surface area (Å²) >= 11 is 0. The van der Waals surface area contributed by atoms with Crippen LogP contribution in [0.5, 0.6) is 0 Å². The van der Waals surface area contributed by atoms with E-state index in [1.165, 1.54) is 12.0 Å². The molecule has 0 aromatic carbocycles. The topological polar surface area (TPSA) is 96.7 Å². The molecule has 1 aliphatic rings. The third-order valence-electron chi connectivity index (χ3n) is 3.35. The second kappa shape index (κ2) is 6.38. The first-order valence-electron chi connectivity index (χ1n) is 6.37. The van der Waals surface area contributed by atoms with E-state index >= 15 is 0 Å². The number of aliphatic carboxylic acids is 1. The molecule has 1 aromatic heterocycles. The maximum absolute atomic E-state index is 12.0. The number of nitrogens with zero attached hydrogens (tertiary/aromatic N) is 3. The van der Waals surface area contributed by atoms with Crippen LogP contribution in [-0.4, -0.2) is 63.9 Å². The van der Waals surface area contributed by atoms with Crippen LogP contribution in [-0.2, 0) is 16.1 Å². The van der Waals surface area contributed by atoms with Gasteiger partial charge in [-0.15, -0.1) is 0 Å². The maximum Gasteiger partial charge on any atom is 0.326 e. The van der Waals surface area contributed by atoms with Crippen molar-refractivity contribution in [3.05, 3.63) is 18.7 Å². The maximum atomic E-state index is 12.0. The highest BCUT2D eigenvalue weighted by Crippen LogP contribution is 2.20. The van der Waals surface area contributed by atoms with Crippen LogP contribution in [0.3, 0.4) is 0 Å².